The molecular formula is C19H22N4O4. The van der Waals surface area contributed by atoms with E-state index >= 15 is 0 Å². The number of furan rings is 1. The van der Waals surface area contributed by atoms with Crippen LogP contribution in [0.25, 0.3) is 5.69 Å². The Morgan fingerprint density at radius 1 is 1.26 bits per heavy atom. The normalized spacial score (nSPS) is 10.8. The van der Waals surface area contributed by atoms with Gasteiger partial charge in [0.05, 0.1) is 37.9 Å². The third kappa shape index (κ3) is 4.17. The standard InChI is InChI=1S/C19H22N4O4/c1-14-18(20-21-23(14)15-6-4-7-16(12-15)26-3)19(24)22(9-11-25-2)13-17-8-5-10-27-17/h4-8,10,12H,9,11,13H2,1-3H3. The van der Waals surface area contributed by atoms with Crippen molar-refractivity contribution >= 4 is 5.91 Å². The van der Waals surface area contributed by atoms with Crippen LogP contribution >= 0.6 is 0 Å². The summed E-state index contributed by atoms with van der Waals surface area (Å²) in [6.07, 6.45) is 1.58. The molecule has 2 aromatic heterocycles. The van der Waals surface area contributed by atoms with Gasteiger partial charge in [0, 0.05) is 19.7 Å². The van der Waals surface area contributed by atoms with Gasteiger partial charge in [0.15, 0.2) is 5.69 Å². The van der Waals surface area contributed by atoms with E-state index in [0.717, 1.165) is 5.69 Å². The van der Waals surface area contributed by atoms with Crippen LogP contribution in [0.1, 0.15) is 21.9 Å². The van der Waals surface area contributed by atoms with Crippen molar-refractivity contribution in [2.45, 2.75) is 13.5 Å². The third-order valence-electron chi connectivity index (χ3n) is 4.17. The maximum atomic E-state index is 13.1. The van der Waals surface area contributed by atoms with Gasteiger partial charge in [-0.1, -0.05) is 11.3 Å². The predicted octanol–water partition coefficient (Wildman–Crippen LogP) is 2.47. The number of carbonyl (C=O) groups excluding carboxylic acids is 1. The molecule has 1 aromatic carbocycles. The quantitative estimate of drug-likeness (QED) is 0.606. The molecule has 0 saturated heterocycles. The molecule has 0 aliphatic carbocycles. The van der Waals surface area contributed by atoms with Crippen molar-refractivity contribution in [3.05, 3.63) is 59.8 Å². The van der Waals surface area contributed by atoms with Crippen molar-refractivity contribution in [1.29, 1.82) is 0 Å². The molecule has 0 bridgehead atoms. The van der Waals surface area contributed by atoms with Crippen LogP contribution in [0.4, 0.5) is 0 Å². The summed E-state index contributed by atoms with van der Waals surface area (Å²) in [5, 5.41) is 8.27. The molecule has 142 valence electrons. The van der Waals surface area contributed by atoms with Crippen molar-refractivity contribution in [1.82, 2.24) is 19.9 Å². The summed E-state index contributed by atoms with van der Waals surface area (Å²) >= 11 is 0. The molecule has 1 amide bonds. The number of carbonyl (C=O) groups is 1. The second kappa shape index (κ2) is 8.50. The number of benzene rings is 1. The van der Waals surface area contributed by atoms with Gasteiger partial charge in [-0.3, -0.25) is 4.79 Å². The second-order valence-corrected chi connectivity index (χ2v) is 5.94. The van der Waals surface area contributed by atoms with E-state index in [4.69, 9.17) is 13.9 Å². The summed E-state index contributed by atoms with van der Waals surface area (Å²) in [5.74, 6) is 1.17. The van der Waals surface area contributed by atoms with E-state index in [9.17, 15) is 4.79 Å². The fourth-order valence-electron chi connectivity index (χ4n) is 2.71. The predicted molar refractivity (Wildman–Crippen MR) is 98.0 cm³/mol. The van der Waals surface area contributed by atoms with Crippen molar-refractivity contribution < 1.29 is 18.7 Å². The van der Waals surface area contributed by atoms with Crippen LogP contribution in [-0.4, -0.2) is 53.2 Å². The summed E-state index contributed by atoms with van der Waals surface area (Å²) < 4.78 is 17.4. The van der Waals surface area contributed by atoms with Crippen LogP contribution < -0.4 is 4.74 Å². The van der Waals surface area contributed by atoms with E-state index in [2.05, 4.69) is 10.3 Å². The lowest BCUT2D eigenvalue weighted by atomic mass is 10.2. The Bertz CT molecular complexity index is 889. The number of amides is 1. The van der Waals surface area contributed by atoms with Gasteiger partial charge in [-0.05, 0) is 31.2 Å². The Hall–Kier alpha value is -3.13. The average molecular weight is 370 g/mol. The number of nitrogens with zero attached hydrogens (tertiary/aromatic N) is 4. The minimum absolute atomic E-state index is 0.227. The molecule has 0 atom stereocenters. The van der Waals surface area contributed by atoms with Crippen LogP contribution in [0.3, 0.4) is 0 Å². The molecule has 3 rings (SSSR count). The minimum atomic E-state index is -0.227. The molecule has 3 aromatic rings. The first-order valence-corrected chi connectivity index (χ1v) is 8.51. The van der Waals surface area contributed by atoms with Gasteiger partial charge in [-0.25, -0.2) is 4.68 Å². The maximum absolute atomic E-state index is 13.1. The van der Waals surface area contributed by atoms with Gasteiger partial charge in [-0.2, -0.15) is 0 Å². The van der Waals surface area contributed by atoms with Crippen LogP contribution in [0, 0.1) is 6.92 Å². The first kappa shape index (κ1) is 18.7. The zero-order valence-electron chi connectivity index (χ0n) is 15.6. The monoisotopic (exact) mass is 370 g/mol. The SMILES string of the molecule is COCCN(Cc1ccco1)C(=O)c1nnn(-c2cccc(OC)c2)c1C. The molecule has 2 heterocycles. The van der Waals surface area contributed by atoms with Crippen molar-refractivity contribution in [3.63, 3.8) is 0 Å². The lowest BCUT2D eigenvalue weighted by Crippen LogP contribution is -2.34. The molecule has 0 radical (unpaired) electrons. The summed E-state index contributed by atoms with van der Waals surface area (Å²) in [6, 6.07) is 11.0. The molecule has 27 heavy (non-hydrogen) atoms. The highest BCUT2D eigenvalue weighted by Crippen LogP contribution is 2.19. The van der Waals surface area contributed by atoms with E-state index in [1.165, 1.54) is 0 Å². The smallest absolute Gasteiger partial charge is 0.276 e. The molecule has 0 unspecified atom stereocenters. The number of rotatable bonds is 8. The number of aromatic nitrogens is 3. The summed E-state index contributed by atoms with van der Waals surface area (Å²) in [6.45, 7) is 2.98. The number of hydrogen-bond acceptors (Lipinski definition) is 6. The van der Waals surface area contributed by atoms with Crippen molar-refractivity contribution in [2.24, 2.45) is 0 Å². The Balaban J connectivity index is 1.87. The maximum Gasteiger partial charge on any atom is 0.276 e. The Morgan fingerprint density at radius 2 is 2.11 bits per heavy atom. The molecule has 0 fully saturated rings. The molecule has 0 aliphatic heterocycles. The van der Waals surface area contributed by atoms with Gasteiger partial charge in [0.2, 0.25) is 0 Å². The van der Waals surface area contributed by atoms with Gasteiger partial charge in [0.25, 0.3) is 5.91 Å². The van der Waals surface area contributed by atoms with Crippen LogP contribution in [-0.2, 0) is 11.3 Å². The summed E-state index contributed by atoms with van der Waals surface area (Å²) in [7, 11) is 3.20. The van der Waals surface area contributed by atoms with Crippen LogP contribution in [0.5, 0.6) is 5.75 Å². The van der Waals surface area contributed by atoms with E-state index in [0.29, 0.717) is 42.6 Å². The molecule has 0 N–H and O–H groups in total. The number of ether oxygens (including phenoxy) is 2. The van der Waals surface area contributed by atoms with E-state index in [-0.39, 0.29) is 5.91 Å². The fourth-order valence-corrected chi connectivity index (χ4v) is 2.71. The topological polar surface area (TPSA) is 82.6 Å². The van der Waals surface area contributed by atoms with Gasteiger partial charge >= 0.3 is 0 Å². The molecule has 0 spiro atoms. The van der Waals surface area contributed by atoms with E-state index in [1.54, 1.807) is 36.1 Å². The first-order valence-electron chi connectivity index (χ1n) is 8.51. The highest BCUT2D eigenvalue weighted by Gasteiger charge is 2.24. The average Bonchev–Trinajstić information content (AvgIpc) is 3.34. The first-order chi connectivity index (χ1) is 13.1. The molecule has 0 aliphatic rings. The largest absolute Gasteiger partial charge is 0.497 e. The van der Waals surface area contributed by atoms with Gasteiger partial charge in [0.1, 0.15) is 11.5 Å². The van der Waals surface area contributed by atoms with Crippen LogP contribution in [0.15, 0.2) is 47.1 Å². The van der Waals surface area contributed by atoms with Crippen LogP contribution in [0.2, 0.25) is 0 Å². The highest BCUT2D eigenvalue weighted by atomic mass is 16.5. The molecule has 8 nitrogen and oxygen atoms in total. The number of methoxy groups -OCH3 is 2. The van der Waals surface area contributed by atoms with Gasteiger partial charge < -0.3 is 18.8 Å². The lowest BCUT2D eigenvalue weighted by Gasteiger charge is -2.20. The second-order valence-electron chi connectivity index (χ2n) is 5.94. The van der Waals surface area contributed by atoms with Crippen molar-refractivity contribution in [2.75, 3.05) is 27.4 Å². The number of hydrogen-bond donors (Lipinski definition) is 0. The fraction of sp³-hybridized carbons (Fsp3) is 0.316. The van der Waals surface area contributed by atoms with Gasteiger partial charge in [-0.15, -0.1) is 5.10 Å². The van der Waals surface area contributed by atoms with Crippen molar-refractivity contribution in [3.8, 4) is 11.4 Å². The minimum Gasteiger partial charge on any atom is -0.497 e. The Morgan fingerprint density at radius 3 is 2.81 bits per heavy atom. The third-order valence-corrected chi connectivity index (χ3v) is 4.17. The lowest BCUT2D eigenvalue weighted by molar-refractivity contribution is 0.0660. The zero-order chi connectivity index (χ0) is 19.2. The highest BCUT2D eigenvalue weighted by molar-refractivity contribution is 5.93. The summed E-state index contributed by atoms with van der Waals surface area (Å²) in [5.41, 5.74) is 1.71. The summed E-state index contributed by atoms with van der Waals surface area (Å²) in [4.78, 5) is 14.7. The Labute approximate surface area is 157 Å². The Kier molecular flexibility index (Phi) is 5.87. The molecule has 8 heteroatoms. The van der Waals surface area contributed by atoms with E-state index in [1.807, 2.05) is 37.3 Å². The molecule has 0 saturated carbocycles. The van der Waals surface area contributed by atoms with E-state index < -0.39 is 0 Å². The zero-order valence-corrected chi connectivity index (χ0v) is 15.6. The molecular weight excluding hydrogens is 348 g/mol.